The van der Waals surface area contributed by atoms with Crippen LogP contribution in [0.15, 0.2) is 59.6 Å². The van der Waals surface area contributed by atoms with E-state index in [-0.39, 0.29) is 12.0 Å². The van der Waals surface area contributed by atoms with Gasteiger partial charge in [-0.1, -0.05) is 0 Å². The molecule has 0 aliphatic heterocycles. The molecule has 0 saturated heterocycles. The molecule has 1 heterocycles. The van der Waals surface area contributed by atoms with Crippen LogP contribution in [0.5, 0.6) is 17.2 Å². The lowest BCUT2D eigenvalue weighted by molar-refractivity contribution is 0.0915. The molecule has 0 fully saturated rings. The molecule has 0 bridgehead atoms. The van der Waals surface area contributed by atoms with E-state index in [0.29, 0.717) is 40.1 Å². The van der Waals surface area contributed by atoms with Crippen molar-refractivity contribution < 1.29 is 28.1 Å². The Morgan fingerprint density at radius 3 is 2.41 bits per heavy atom. The van der Waals surface area contributed by atoms with Gasteiger partial charge >= 0.3 is 0 Å². The highest BCUT2D eigenvalue weighted by Gasteiger charge is 2.15. The molecule has 0 unspecified atom stereocenters. The maximum absolute atomic E-state index is 12.8. The van der Waals surface area contributed by atoms with E-state index in [2.05, 4.69) is 10.4 Å². The number of nitrogens with one attached hydrogen (secondary N) is 1. The number of ether oxygens (including phenoxy) is 3. The van der Waals surface area contributed by atoms with Crippen LogP contribution in [-0.2, 0) is 11.8 Å². The van der Waals surface area contributed by atoms with Crippen LogP contribution >= 0.6 is 10.6 Å². The molecule has 32 heavy (non-hydrogen) atoms. The van der Waals surface area contributed by atoms with E-state index in [9.17, 15) is 13.9 Å². The molecule has 1 aromatic heterocycles. The molecule has 172 valence electrons. The van der Waals surface area contributed by atoms with E-state index in [1.54, 1.807) is 73.6 Å². The fourth-order valence-corrected chi connectivity index (χ4v) is 3.55. The van der Waals surface area contributed by atoms with E-state index >= 15 is 0 Å². The topological polar surface area (TPSA) is 115 Å². The van der Waals surface area contributed by atoms with E-state index in [4.69, 9.17) is 14.2 Å². The first-order valence-electron chi connectivity index (χ1n) is 9.77. The molecule has 3 aromatic rings. The van der Waals surface area contributed by atoms with Crippen molar-refractivity contribution in [3.63, 3.8) is 0 Å². The number of aromatic nitrogens is 2. The van der Waals surface area contributed by atoms with Crippen LogP contribution in [0.25, 0.3) is 0 Å². The predicted molar refractivity (Wildman–Crippen MR) is 123 cm³/mol. The Bertz CT molecular complexity index is 1060. The Kier molecular flexibility index (Phi) is 7.41. The molecule has 3 rings (SSSR count). The highest BCUT2D eigenvalue weighted by molar-refractivity contribution is 8.23. The molecule has 3 N–H and O–H groups in total. The van der Waals surface area contributed by atoms with Crippen molar-refractivity contribution in [1.82, 2.24) is 9.78 Å². The number of benzene rings is 2. The lowest BCUT2D eigenvalue weighted by atomic mass is 10.2. The second-order valence-corrected chi connectivity index (χ2v) is 9.45. The molecule has 0 spiro atoms. The van der Waals surface area contributed by atoms with Gasteiger partial charge in [-0.2, -0.15) is 15.7 Å². The number of carbonyl (C=O) groups is 1. The lowest BCUT2D eigenvalue weighted by Gasteiger charge is -2.26. The summed E-state index contributed by atoms with van der Waals surface area (Å²) in [6.07, 6.45) is 2.85. The second kappa shape index (κ2) is 10.0. The summed E-state index contributed by atoms with van der Waals surface area (Å²) in [5, 5.41) is 6.90. The van der Waals surface area contributed by atoms with Gasteiger partial charge in [0.05, 0.1) is 11.5 Å². The minimum Gasteiger partial charge on any atom is -0.488 e. The van der Waals surface area contributed by atoms with E-state index in [1.807, 2.05) is 6.92 Å². The summed E-state index contributed by atoms with van der Waals surface area (Å²) in [5.41, 5.74) is 0.326. The first-order chi connectivity index (χ1) is 15.1. The molecule has 0 saturated carbocycles. The number of rotatable bonds is 9. The third-order valence-corrected chi connectivity index (χ3v) is 5.51. The van der Waals surface area contributed by atoms with Crippen molar-refractivity contribution in [2.45, 2.75) is 17.9 Å². The van der Waals surface area contributed by atoms with Crippen LogP contribution in [0, 0.1) is 0 Å². The van der Waals surface area contributed by atoms with Crippen LogP contribution in [0.3, 0.4) is 0 Å². The number of aryl methyl sites for hydroxylation is 1. The Hall–Kier alpha value is -3.05. The summed E-state index contributed by atoms with van der Waals surface area (Å²) in [6, 6.07) is 13.0. The van der Waals surface area contributed by atoms with Crippen molar-refractivity contribution in [2.24, 2.45) is 7.05 Å². The van der Waals surface area contributed by atoms with Crippen molar-refractivity contribution in [3.8, 4) is 17.2 Å². The van der Waals surface area contributed by atoms with Gasteiger partial charge in [0.15, 0.2) is 5.82 Å². The average Bonchev–Trinajstić information content (AvgIpc) is 3.12. The molecular weight excluding hydrogens is 434 g/mol. The maximum Gasteiger partial charge on any atom is 0.257 e. The lowest BCUT2D eigenvalue weighted by Crippen LogP contribution is -2.18. The summed E-state index contributed by atoms with van der Waals surface area (Å²) in [6.45, 7) is 2.23. The quantitative estimate of drug-likeness (QED) is 0.426. The highest BCUT2D eigenvalue weighted by atomic mass is 32.3. The Morgan fingerprint density at radius 2 is 1.81 bits per heavy atom. The molecule has 0 radical (unpaired) electrons. The molecule has 1 atom stereocenters. The van der Waals surface area contributed by atoms with Crippen LogP contribution in [0.4, 0.5) is 5.82 Å². The Labute approximate surface area is 188 Å². The van der Waals surface area contributed by atoms with Crippen LogP contribution < -0.4 is 14.8 Å². The molecule has 1 amide bonds. The maximum atomic E-state index is 12.8. The van der Waals surface area contributed by atoms with Gasteiger partial charge in [0.2, 0.25) is 0 Å². The average molecular weight is 462 g/mol. The van der Waals surface area contributed by atoms with Crippen LogP contribution in [0.2, 0.25) is 0 Å². The van der Waals surface area contributed by atoms with Crippen LogP contribution in [0.1, 0.15) is 17.3 Å². The number of carbonyl (C=O) groups excluding carboxylic acids is 1. The van der Waals surface area contributed by atoms with Crippen molar-refractivity contribution in [3.05, 3.63) is 60.3 Å². The van der Waals surface area contributed by atoms with Crippen molar-refractivity contribution in [2.75, 3.05) is 25.3 Å². The SMILES string of the molecule is COC[C@H](C)Oc1cc(Oc2ccc(S(C)(O)O)cc2)cc(C(=O)Nc2ccn(C)n2)c1. The summed E-state index contributed by atoms with van der Waals surface area (Å²) >= 11 is 0. The van der Waals surface area contributed by atoms with E-state index < -0.39 is 10.6 Å². The number of anilines is 1. The van der Waals surface area contributed by atoms with Gasteiger partial charge < -0.3 is 19.5 Å². The fourth-order valence-electron chi connectivity index (χ4n) is 2.90. The number of hydrogen-bond acceptors (Lipinski definition) is 7. The third-order valence-electron chi connectivity index (χ3n) is 4.34. The molecule has 0 aliphatic carbocycles. The monoisotopic (exact) mass is 461 g/mol. The summed E-state index contributed by atoms with van der Waals surface area (Å²) in [5.74, 6) is 1.35. The van der Waals surface area contributed by atoms with E-state index in [0.717, 1.165) is 0 Å². The number of nitrogens with zero attached hydrogens (tertiary/aromatic N) is 2. The largest absolute Gasteiger partial charge is 0.488 e. The van der Waals surface area contributed by atoms with Gasteiger partial charge in [0.25, 0.3) is 5.91 Å². The smallest absolute Gasteiger partial charge is 0.257 e. The first-order valence-corrected chi connectivity index (χ1v) is 11.7. The van der Waals surface area contributed by atoms with Gasteiger partial charge in [0, 0.05) is 44.3 Å². The highest BCUT2D eigenvalue weighted by Crippen LogP contribution is 2.44. The molecule has 2 aromatic carbocycles. The molecular formula is C22H27N3O6S. The second-order valence-electron chi connectivity index (χ2n) is 7.31. The number of hydrogen-bond donors (Lipinski definition) is 3. The standard InChI is InChI=1S/C22H27N3O6S/c1-15(14-29-3)30-18-11-16(22(26)23-21-9-10-25(2)24-21)12-19(13-18)31-17-5-7-20(8-6-17)32(4,27)28/h5-13,15,27-28H,14H2,1-4H3,(H,23,24,26)/t15-/m0/s1. The van der Waals surface area contributed by atoms with Gasteiger partial charge in [-0.15, -0.1) is 0 Å². The van der Waals surface area contributed by atoms with Crippen molar-refractivity contribution >= 4 is 22.3 Å². The zero-order valence-electron chi connectivity index (χ0n) is 18.3. The van der Waals surface area contributed by atoms with Gasteiger partial charge in [-0.3, -0.25) is 18.6 Å². The normalized spacial score (nSPS) is 12.8. The summed E-state index contributed by atoms with van der Waals surface area (Å²) in [7, 11) is 0.532. The number of methoxy groups -OCH3 is 1. The van der Waals surface area contributed by atoms with Gasteiger partial charge in [0.1, 0.15) is 23.4 Å². The predicted octanol–water partition coefficient (Wildman–Crippen LogP) is 4.62. The molecule has 0 aliphatic rings. The van der Waals surface area contributed by atoms with Gasteiger partial charge in [-0.05, 0) is 43.3 Å². The zero-order chi connectivity index (χ0) is 23.3. The minimum absolute atomic E-state index is 0.240. The minimum atomic E-state index is -2.81. The first kappa shape index (κ1) is 23.6. The van der Waals surface area contributed by atoms with E-state index in [1.165, 1.54) is 6.26 Å². The van der Waals surface area contributed by atoms with Crippen LogP contribution in [-0.4, -0.2) is 50.9 Å². The zero-order valence-corrected chi connectivity index (χ0v) is 19.1. The molecule has 10 heteroatoms. The number of amides is 1. The summed E-state index contributed by atoms with van der Waals surface area (Å²) < 4.78 is 38.0. The Morgan fingerprint density at radius 1 is 1.12 bits per heavy atom. The Balaban J connectivity index is 1.86. The third kappa shape index (κ3) is 6.47. The summed E-state index contributed by atoms with van der Waals surface area (Å²) in [4.78, 5) is 13.2. The van der Waals surface area contributed by atoms with Crippen molar-refractivity contribution in [1.29, 1.82) is 0 Å². The fraction of sp³-hybridized carbons (Fsp3) is 0.273. The molecule has 9 nitrogen and oxygen atoms in total. The van der Waals surface area contributed by atoms with Gasteiger partial charge in [-0.25, -0.2) is 0 Å².